The smallest absolute Gasteiger partial charge is 0.120 e. The summed E-state index contributed by atoms with van der Waals surface area (Å²) >= 11 is 1.81. The van der Waals surface area contributed by atoms with E-state index >= 15 is 0 Å². The molecule has 0 radical (unpaired) electrons. The van der Waals surface area contributed by atoms with Crippen LogP contribution in [-0.4, -0.2) is 17.4 Å². The Morgan fingerprint density at radius 3 is 3.15 bits per heavy atom. The predicted molar refractivity (Wildman–Crippen MR) is 55.2 cm³/mol. The molecule has 1 aliphatic rings. The number of rotatable bonds is 2. The molecular formula is C10H13NOS. The van der Waals surface area contributed by atoms with Gasteiger partial charge in [-0.05, 0) is 31.0 Å². The van der Waals surface area contributed by atoms with Gasteiger partial charge in [-0.1, -0.05) is 6.07 Å². The summed E-state index contributed by atoms with van der Waals surface area (Å²) in [6, 6.07) is 5.72. The molecule has 0 aromatic heterocycles. The zero-order valence-corrected chi connectivity index (χ0v) is 8.18. The molecular weight excluding hydrogens is 182 g/mol. The number of fused-ring (bicyclic) bond motifs is 1. The van der Waals surface area contributed by atoms with Gasteiger partial charge >= 0.3 is 0 Å². The largest absolute Gasteiger partial charge is 0.508 e. The van der Waals surface area contributed by atoms with Crippen LogP contribution in [0.15, 0.2) is 23.1 Å². The van der Waals surface area contributed by atoms with Crippen LogP contribution in [0.1, 0.15) is 17.9 Å². The lowest BCUT2D eigenvalue weighted by Gasteiger charge is -2.09. The Morgan fingerprint density at radius 2 is 2.38 bits per heavy atom. The number of aromatic hydroxyl groups is 1. The van der Waals surface area contributed by atoms with Gasteiger partial charge in [0, 0.05) is 16.2 Å². The Morgan fingerprint density at radius 1 is 1.54 bits per heavy atom. The van der Waals surface area contributed by atoms with Gasteiger partial charge in [0.25, 0.3) is 0 Å². The van der Waals surface area contributed by atoms with Crippen LogP contribution in [0.2, 0.25) is 0 Å². The van der Waals surface area contributed by atoms with Gasteiger partial charge in [-0.2, -0.15) is 0 Å². The van der Waals surface area contributed by atoms with Crippen molar-refractivity contribution in [1.82, 2.24) is 0 Å². The molecule has 2 rings (SSSR count). The molecule has 0 spiro atoms. The SMILES string of the molecule is NCCC1CSc2cccc(O)c21. The molecule has 3 N–H and O–H groups in total. The molecule has 2 nitrogen and oxygen atoms in total. The zero-order valence-electron chi connectivity index (χ0n) is 7.36. The first-order valence-electron chi connectivity index (χ1n) is 4.47. The van der Waals surface area contributed by atoms with E-state index in [1.54, 1.807) is 6.07 Å². The second kappa shape index (κ2) is 3.60. The summed E-state index contributed by atoms with van der Waals surface area (Å²) in [4.78, 5) is 1.22. The molecule has 0 saturated carbocycles. The summed E-state index contributed by atoms with van der Waals surface area (Å²) in [6.45, 7) is 0.693. The fourth-order valence-corrected chi connectivity index (χ4v) is 3.09. The van der Waals surface area contributed by atoms with Gasteiger partial charge in [0.05, 0.1) is 0 Å². The molecule has 0 aliphatic carbocycles. The number of hydrogen-bond acceptors (Lipinski definition) is 3. The van der Waals surface area contributed by atoms with Crippen molar-refractivity contribution in [2.75, 3.05) is 12.3 Å². The van der Waals surface area contributed by atoms with E-state index < -0.39 is 0 Å². The topological polar surface area (TPSA) is 46.2 Å². The molecule has 13 heavy (non-hydrogen) atoms. The summed E-state index contributed by atoms with van der Waals surface area (Å²) < 4.78 is 0. The van der Waals surface area contributed by atoms with E-state index in [4.69, 9.17) is 5.73 Å². The van der Waals surface area contributed by atoms with Gasteiger partial charge in [-0.25, -0.2) is 0 Å². The van der Waals surface area contributed by atoms with Gasteiger partial charge in [-0.3, -0.25) is 0 Å². The number of phenols is 1. The minimum absolute atomic E-state index is 0.431. The highest BCUT2D eigenvalue weighted by molar-refractivity contribution is 7.99. The average Bonchev–Trinajstić information content (AvgIpc) is 2.51. The normalized spacial score (nSPS) is 20.2. The minimum Gasteiger partial charge on any atom is -0.508 e. The van der Waals surface area contributed by atoms with Crippen molar-refractivity contribution < 1.29 is 5.11 Å². The van der Waals surface area contributed by atoms with E-state index in [9.17, 15) is 5.11 Å². The standard InChI is InChI=1S/C10H13NOS/c11-5-4-7-6-13-9-3-1-2-8(12)10(7)9/h1-3,7,12H,4-6,11H2. The lowest BCUT2D eigenvalue weighted by atomic mass is 9.97. The van der Waals surface area contributed by atoms with Crippen LogP contribution >= 0.6 is 11.8 Å². The van der Waals surface area contributed by atoms with E-state index in [1.807, 2.05) is 17.8 Å². The molecule has 70 valence electrons. The van der Waals surface area contributed by atoms with Crippen LogP contribution in [0.4, 0.5) is 0 Å². The molecule has 0 bridgehead atoms. The van der Waals surface area contributed by atoms with Gasteiger partial charge < -0.3 is 10.8 Å². The van der Waals surface area contributed by atoms with E-state index in [2.05, 4.69) is 6.07 Å². The molecule has 1 heterocycles. The van der Waals surface area contributed by atoms with Crippen molar-refractivity contribution in [2.24, 2.45) is 5.73 Å². The summed E-state index contributed by atoms with van der Waals surface area (Å²) in [5, 5.41) is 9.67. The molecule has 1 unspecified atom stereocenters. The van der Waals surface area contributed by atoms with Gasteiger partial charge in [0.1, 0.15) is 5.75 Å². The molecule has 0 saturated heterocycles. The average molecular weight is 195 g/mol. The van der Waals surface area contributed by atoms with Crippen molar-refractivity contribution in [3.63, 3.8) is 0 Å². The van der Waals surface area contributed by atoms with Gasteiger partial charge in [0.15, 0.2) is 0 Å². The lowest BCUT2D eigenvalue weighted by molar-refractivity contribution is 0.460. The maximum Gasteiger partial charge on any atom is 0.120 e. The first kappa shape index (κ1) is 8.91. The first-order valence-corrected chi connectivity index (χ1v) is 5.46. The highest BCUT2D eigenvalue weighted by atomic mass is 32.2. The molecule has 0 amide bonds. The minimum atomic E-state index is 0.431. The molecule has 1 aliphatic heterocycles. The molecule has 1 atom stereocenters. The molecule has 1 aromatic carbocycles. The number of hydrogen-bond donors (Lipinski definition) is 2. The van der Waals surface area contributed by atoms with Crippen LogP contribution in [0.25, 0.3) is 0 Å². The first-order chi connectivity index (χ1) is 6.33. The van der Waals surface area contributed by atoms with E-state index in [0.29, 0.717) is 18.2 Å². The number of phenolic OH excluding ortho intramolecular Hbond substituents is 1. The third-order valence-electron chi connectivity index (χ3n) is 2.41. The fourth-order valence-electron chi connectivity index (χ4n) is 1.77. The Hall–Kier alpha value is -0.670. The maximum atomic E-state index is 9.67. The van der Waals surface area contributed by atoms with Crippen molar-refractivity contribution in [2.45, 2.75) is 17.2 Å². The lowest BCUT2D eigenvalue weighted by Crippen LogP contribution is -2.06. The van der Waals surface area contributed by atoms with Crippen molar-refractivity contribution in [1.29, 1.82) is 0 Å². The second-order valence-electron chi connectivity index (χ2n) is 3.27. The quantitative estimate of drug-likeness (QED) is 0.758. The van der Waals surface area contributed by atoms with Crippen LogP contribution < -0.4 is 5.73 Å². The molecule has 1 aromatic rings. The summed E-state index contributed by atoms with van der Waals surface area (Å²) in [5.41, 5.74) is 6.63. The predicted octanol–water partition coefficient (Wildman–Crippen LogP) is 1.93. The summed E-state index contributed by atoms with van der Waals surface area (Å²) in [7, 11) is 0. The number of thioether (sulfide) groups is 1. The molecule has 3 heteroatoms. The second-order valence-corrected chi connectivity index (χ2v) is 4.34. The highest BCUT2D eigenvalue weighted by Gasteiger charge is 2.25. The van der Waals surface area contributed by atoms with Crippen LogP contribution in [0.5, 0.6) is 5.75 Å². The van der Waals surface area contributed by atoms with Gasteiger partial charge in [-0.15, -0.1) is 11.8 Å². The van der Waals surface area contributed by atoms with Crippen molar-refractivity contribution >= 4 is 11.8 Å². The van der Waals surface area contributed by atoms with Crippen LogP contribution in [0, 0.1) is 0 Å². The Labute approximate surface area is 82.1 Å². The Bertz CT molecular complexity index is 312. The highest BCUT2D eigenvalue weighted by Crippen LogP contribution is 2.45. The maximum absolute atomic E-state index is 9.67. The third-order valence-corrected chi connectivity index (χ3v) is 3.64. The fraction of sp³-hybridized carbons (Fsp3) is 0.400. The van der Waals surface area contributed by atoms with E-state index in [1.165, 1.54) is 4.90 Å². The molecule has 0 fully saturated rings. The summed E-state index contributed by atoms with van der Waals surface area (Å²) in [5.74, 6) is 1.94. The van der Waals surface area contributed by atoms with Crippen molar-refractivity contribution in [3.8, 4) is 5.75 Å². The number of benzene rings is 1. The third kappa shape index (κ3) is 1.54. The Balaban J connectivity index is 2.34. The van der Waals surface area contributed by atoms with Crippen molar-refractivity contribution in [3.05, 3.63) is 23.8 Å². The van der Waals surface area contributed by atoms with E-state index in [-0.39, 0.29) is 0 Å². The van der Waals surface area contributed by atoms with Crippen LogP contribution in [-0.2, 0) is 0 Å². The Kier molecular flexibility index (Phi) is 2.47. The van der Waals surface area contributed by atoms with E-state index in [0.717, 1.165) is 17.7 Å². The van der Waals surface area contributed by atoms with Gasteiger partial charge in [0.2, 0.25) is 0 Å². The monoisotopic (exact) mass is 195 g/mol. The summed E-state index contributed by atoms with van der Waals surface area (Å²) in [6.07, 6.45) is 0.970. The van der Waals surface area contributed by atoms with Crippen LogP contribution in [0.3, 0.4) is 0 Å². The zero-order chi connectivity index (χ0) is 9.26. The number of nitrogens with two attached hydrogens (primary N) is 1.